The molecule has 1 fully saturated rings. The topological polar surface area (TPSA) is 57.6 Å². The number of aliphatic hydroxyl groups is 1. The largest absolute Gasteiger partial charge is 0.384 e. The van der Waals surface area contributed by atoms with Crippen LogP contribution >= 0.6 is 0 Å². The summed E-state index contributed by atoms with van der Waals surface area (Å²) < 4.78 is 40.3. The summed E-state index contributed by atoms with van der Waals surface area (Å²) in [6, 6.07) is 3.37. The third kappa shape index (κ3) is 3.43. The number of benzene rings is 1. The molecular weight excluding hydrogens is 293 g/mol. The maximum atomic E-state index is 13.3. The van der Waals surface area contributed by atoms with Gasteiger partial charge in [-0.15, -0.1) is 0 Å². The van der Waals surface area contributed by atoms with Gasteiger partial charge in [-0.2, -0.15) is 4.31 Å². The van der Waals surface area contributed by atoms with Gasteiger partial charge in [-0.3, -0.25) is 0 Å². The Morgan fingerprint density at radius 1 is 1.43 bits per heavy atom. The normalized spacial score (nSPS) is 19.9. The van der Waals surface area contributed by atoms with E-state index in [-0.39, 0.29) is 16.5 Å². The first-order valence-corrected chi connectivity index (χ1v) is 8.32. The average molecular weight is 311 g/mol. The van der Waals surface area contributed by atoms with Gasteiger partial charge in [0, 0.05) is 18.2 Å². The quantitative estimate of drug-likeness (QED) is 0.846. The van der Waals surface area contributed by atoms with Crippen molar-refractivity contribution in [2.45, 2.75) is 37.1 Å². The lowest BCUT2D eigenvalue weighted by Crippen LogP contribution is -2.42. The highest BCUT2D eigenvalue weighted by atomic mass is 32.2. The molecule has 1 heterocycles. The summed E-state index contributed by atoms with van der Waals surface area (Å²) in [5, 5.41) is 8.75. The zero-order valence-corrected chi connectivity index (χ0v) is 12.7. The molecule has 1 N–H and O–H groups in total. The molecule has 0 aromatic heterocycles. The second kappa shape index (κ2) is 6.56. The van der Waals surface area contributed by atoms with Crippen LogP contribution in [0.5, 0.6) is 0 Å². The van der Waals surface area contributed by atoms with Crippen LogP contribution in [0.2, 0.25) is 0 Å². The Morgan fingerprint density at radius 2 is 2.19 bits per heavy atom. The zero-order chi connectivity index (χ0) is 15.5. The summed E-state index contributed by atoms with van der Waals surface area (Å²) in [4.78, 5) is -0.00130. The van der Waals surface area contributed by atoms with Crippen LogP contribution in [0.4, 0.5) is 4.39 Å². The molecule has 0 bridgehead atoms. The van der Waals surface area contributed by atoms with Crippen molar-refractivity contribution in [1.82, 2.24) is 4.31 Å². The number of nitrogens with zero attached hydrogens (tertiary/aromatic N) is 1. The first kappa shape index (κ1) is 16.0. The summed E-state index contributed by atoms with van der Waals surface area (Å²) in [7, 11) is -3.71. The van der Waals surface area contributed by atoms with Gasteiger partial charge in [-0.1, -0.05) is 18.3 Å². The lowest BCUT2D eigenvalue weighted by molar-refractivity contribution is 0.268. The number of hydrogen-bond acceptors (Lipinski definition) is 3. The smallest absolute Gasteiger partial charge is 0.244 e. The predicted octanol–water partition coefficient (Wildman–Crippen LogP) is 1.73. The molecule has 0 amide bonds. The average Bonchev–Trinajstić information content (AvgIpc) is 2.45. The fourth-order valence-corrected chi connectivity index (χ4v) is 4.34. The number of sulfonamides is 1. The standard InChI is InChI=1S/C15H18FNO3S/c1-12-5-2-3-9-17(12)21(19,20)15-8-7-14(16)11-13(15)6-4-10-18/h7-8,11-12,18H,2-3,5,9-10H2,1H3. The minimum atomic E-state index is -3.71. The maximum Gasteiger partial charge on any atom is 0.244 e. The van der Waals surface area contributed by atoms with E-state index in [9.17, 15) is 12.8 Å². The van der Waals surface area contributed by atoms with Gasteiger partial charge in [-0.25, -0.2) is 12.8 Å². The molecule has 1 aliphatic rings. The van der Waals surface area contributed by atoms with E-state index < -0.39 is 22.4 Å². The van der Waals surface area contributed by atoms with Gasteiger partial charge in [-0.05, 0) is 38.0 Å². The van der Waals surface area contributed by atoms with Gasteiger partial charge < -0.3 is 5.11 Å². The minimum Gasteiger partial charge on any atom is -0.384 e. The van der Waals surface area contributed by atoms with Crippen molar-refractivity contribution < 1.29 is 17.9 Å². The highest BCUT2D eigenvalue weighted by molar-refractivity contribution is 7.89. The zero-order valence-electron chi connectivity index (χ0n) is 11.8. The van der Waals surface area contributed by atoms with Crippen LogP contribution in [-0.4, -0.2) is 37.0 Å². The summed E-state index contributed by atoms with van der Waals surface area (Å²) in [6.45, 7) is 1.93. The van der Waals surface area contributed by atoms with Crippen molar-refractivity contribution in [3.8, 4) is 11.8 Å². The van der Waals surface area contributed by atoms with Crippen LogP contribution in [0.1, 0.15) is 31.7 Å². The molecule has 114 valence electrons. The van der Waals surface area contributed by atoms with Crippen molar-refractivity contribution in [3.63, 3.8) is 0 Å². The Morgan fingerprint density at radius 3 is 2.86 bits per heavy atom. The Balaban J connectivity index is 2.49. The molecule has 1 atom stereocenters. The van der Waals surface area contributed by atoms with Crippen molar-refractivity contribution in [2.24, 2.45) is 0 Å². The van der Waals surface area contributed by atoms with Crippen molar-refractivity contribution in [2.75, 3.05) is 13.2 Å². The molecule has 6 heteroatoms. The Hall–Kier alpha value is -1.42. The molecule has 21 heavy (non-hydrogen) atoms. The van der Waals surface area contributed by atoms with E-state index in [0.29, 0.717) is 6.54 Å². The van der Waals surface area contributed by atoms with Crippen LogP contribution in [0.15, 0.2) is 23.1 Å². The number of aliphatic hydroxyl groups excluding tert-OH is 1. The molecule has 1 saturated heterocycles. The molecule has 1 unspecified atom stereocenters. The molecule has 4 nitrogen and oxygen atoms in total. The van der Waals surface area contributed by atoms with Gasteiger partial charge in [0.05, 0.1) is 4.90 Å². The summed E-state index contributed by atoms with van der Waals surface area (Å²) in [6.07, 6.45) is 2.65. The van der Waals surface area contributed by atoms with E-state index in [1.807, 2.05) is 6.92 Å². The third-order valence-electron chi connectivity index (χ3n) is 3.57. The number of rotatable bonds is 2. The molecule has 2 rings (SSSR count). The van der Waals surface area contributed by atoms with Gasteiger partial charge in [0.15, 0.2) is 0 Å². The van der Waals surface area contributed by atoms with Crippen molar-refractivity contribution in [1.29, 1.82) is 0 Å². The highest BCUT2D eigenvalue weighted by Crippen LogP contribution is 2.27. The molecule has 1 aromatic rings. The highest BCUT2D eigenvalue weighted by Gasteiger charge is 2.32. The van der Waals surface area contributed by atoms with Crippen molar-refractivity contribution in [3.05, 3.63) is 29.6 Å². The molecule has 0 radical (unpaired) electrons. The predicted molar refractivity (Wildman–Crippen MR) is 77.6 cm³/mol. The lowest BCUT2D eigenvalue weighted by Gasteiger charge is -2.32. The molecule has 0 aliphatic carbocycles. The fourth-order valence-electron chi connectivity index (χ4n) is 2.51. The van der Waals surface area contributed by atoms with E-state index >= 15 is 0 Å². The molecule has 1 aliphatic heterocycles. The van der Waals surface area contributed by atoms with E-state index in [0.717, 1.165) is 31.4 Å². The fraction of sp³-hybridized carbons (Fsp3) is 0.467. The summed E-state index contributed by atoms with van der Waals surface area (Å²) >= 11 is 0. The van der Waals surface area contributed by atoms with Crippen LogP contribution < -0.4 is 0 Å². The summed E-state index contributed by atoms with van der Waals surface area (Å²) in [5.41, 5.74) is 0.0850. The molecule has 0 spiro atoms. The Kier molecular flexibility index (Phi) is 4.99. The molecule has 1 aromatic carbocycles. The third-order valence-corrected chi connectivity index (χ3v) is 5.64. The van der Waals surface area contributed by atoms with Crippen molar-refractivity contribution >= 4 is 10.0 Å². The lowest BCUT2D eigenvalue weighted by atomic mass is 10.1. The van der Waals surface area contributed by atoms with E-state index in [2.05, 4.69) is 11.8 Å². The van der Waals surface area contributed by atoms with E-state index in [4.69, 9.17) is 5.11 Å². The van der Waals surface area contributed by atoms with E-state index in [1.165, 1.54) is 10.4 Å². The SMILES string of the molecule is CC1CCCCN1S(=O)(=O)c1ccc(F)cc1C#CCO. The first-order chi connectivity index (χ1) is 9.96. The number of hydrogen-bond donors (Lipinski definition) is 1. The minimum absolute atomic E-state index is 0.00130. The number of halogens is 1. The van der Waals surface area contributed by atoms with Crippen LogP contribution in [-0.2, 0) is 10.0 Å². The maximum absolute atomic E-state index is 13.3. The van der Waals surface area contributed by atoms with Crippen LogP contribution in [0.25, 0.3) is 0 Å². The first-order valence-electron chi connectivity index (χ1n) is 6.88. The van der Waals surface area contributed by atoms with E-state index in [1.54, 1.807) is 0 Å². The van der Waals surface area contributed by atoms with Gasteiger partial charge >= 0.3 is 0 Å². The van der Waals surface area contributed by atoms with Crippen LogP contribution in [0, 0.1) is 17.7 Å². The molecule has 0 saturated carbocycles. The van der Waals surface area contributed by atoms with Gasteiger partial charge in [0.1, 0.15) is 12.4 Å². The summed E-state index contributed by atoms with van der Waals surface area (Å²) in [5.74, 6) is 4.34. The van der Waals surface area contributed by atoms with Crippen LogP contribution in [0.3, 0.4) is 0 Å². The van der Waals surface area contributed by atoms with Gasteiger partial charge in [0.2, 0.25) is 10.0 Å². The Labute approximate surface area is 124 Å². The number of piperidine rings is 1. The second-order valence-corrected chi connectivity index (χ2v) is 6.92. The van der Waals surface area contributed by atoms with Gasteiger partial charge in [0.25, 0.3) is 0 Å². The molecular formula is C15H18FNO3S. The second-order valence-electron chi connectivity index (χ2n) is 5.06. The monoisotopic (exact) mass is 311 g/mol. The Bertz CT molecular complexity index is 676.